The molecule has 24 heavy (non-hydrogen) atoms. The number of nitrogens with one attached hydrogen (secondary N) is 1. The second kappa shape index (κ2) is 7.08. The molecule has 0 fully saturated rings. The third-order valence-electron chi connectivity index (χ3n) is 3.95. The van der Waals surface area contributed by atoms with Crippen LogP contribution in [-0.2, 0) is 0 Å². The third kappa shape index (κ3) is 3.06. The van der Waals surface area contributed by atoms with Crippen LogP contribution in [0.2, 0.25) is 0 Å². The Morgan fingerprint density at radius 2 is 1.71 bits per heavy atom. The van der Waals surface area contributed by atoms with Crippen LogP contribution in [-0.4, -0.2) is 22.6 Å². The zero-order valence-electron chi connectivity index (χ0n) is 13.5. The van der Waals surface area contributed by atoms with Crippen LogP contribution < -0.4 is 10.5 Å². The quantitative estimate of drug-likeness (QED) is 0.783. The molecule has 2 aromatic carbocycles. The summed E-state index contributed by atoms with van der Waals surface area (Å²) in [6, 6.07) is 16.6. The van der Waals surface area contributed by atoms with Crippen molar-refractivity contribution in [3.05, 3.63) is 70.6 Å². The Morgan fingerprint density at radius 1 is 1.04 bits per heavy atom. The number of hydrogen-bond donors (Lipinski definition) is 1. The number of rotatable bonds is 5. The van der Waals surface area contributed by atoms with Gasteiger partial charge in [0.25, 0.3) is 11.5 Å². The Bertz CT molecular complexity index is 903. The zero-order valence-corrected chi connectivity index (χ0v) is 13.5. The molecule has 1 amide bonds. The van der Waals surface area contributed by atoms with Gasteiger partial charge in [-0.25, -0.2) is 5.10 Å². The largest absolute Gasteiger partial charge is 0.307 e. The summed E-state index contributed by atoms with van der Waals surface area (Å²) >= 11 is 0. The Kier molecular flexibility index (Phi) is 4.70. The Morgan fingerprint density at radius 3 is 2.42 bits per heavy atom. The van der Waals surface area contributed by atoms with Gasteiger partial charge in [-0.1, -0.05) is 49.7 Å². The molecule has 0 unspecified atom stereocenters. The minimum atomic E-state index is -0.290. The number of anilines is 1. The van der Waals surface area contributed by atoms with E-state index in [1.807, 2.05) is 30.3 Å². The summed E-state index contributed by atoms with van der Waals surface area (Å²) < 4.78 is 0. The summed E-state index contributed by atoms with van der Waals surface area (Å²) in [7, 11) is 0. The number of aromatic nitrogens is 2. The molecule has 0 aliphatic heterocycles. The van der Waals surface area contributed by atoms with Crippen molar-refractivity contribution in [1.82, 2.24) is 10.2 Å². The molecule has 0 spiro atoms. The SMILES string of the molecule is CCCCN(C(=O)c1n[nH]c(=O)c2ccccc12)c1ccccc1. The van der Waals surface area contributed by atoms with Gasteiger partial charge >= 0.3 is 0 Å². The Labute approximate surface area is 139 Å². The van der Waals surface area contributed by atoms with Crippen molar-refractivity contribution >= 4 is 22.4 Å². The van der Waals surface area contributed by atoms with Gasteiger partial charge in [0.2, 0.25) is 0 Å². The molecule has 1 heterocycles. The fourth-order valence-electron chi connectivity index (χ4n) is 2.68. The number of H-pyrrole nitrogens is 1. The molecule has 0 bridgehead atoms. The monoisotopic (exact) mass is 321 g/mol. The highest BCUT2D eigenvalue weighted by atomic mass is 16.2. The van der Waals surface area contributed by atoms with Gasteiger partial charge in [0, 0.05) is 17.6 Å². The van der Waals surface area contributed by atoms with E-state index in [9.17, 15) is 9.59 Å². The van der Waals surface area contributed by atoms with Crippen LogP contribution in [0.4, 0.5) is 5.69 Å². The molecule has 0 aliphatic rings. The smallest absolute Gasteiger partial charge is 0.279 e. The first kappa shape index (κ1) is 15.9. The number of nitrogens with zero attached hydrogens (tertiary/aromatic N) is 2. The molecule has 3 rings (SSSR count). The van der Waals surface area contributed by atoms with Crippen molar-refractivity contribution < 1.29 is 4.79 Å². The molecule has 1 aromatic heterocycles. The average Bonchev–Trinajstić information content (AvgIpc) is 2.63. The number of hydrogen-bond acceptors (Lipinski definition) is 3. The summed E-state index contributed by atoms with van der Waals surface area (Å²) in [6.07, 6.45) is 1.87. The van der Waals surface area contributed by atoms with Gasteiger partial charge in [-0.15, -0.1) is 0 Å². The summed E-state index contributed by atoms with van der Waals surface area (Å²) in [6.45, 7) is 2.69. The number of carbonyl (C=O) groups is 1. The third-order valence-corrected chi connectivity index (χ3v) is 3.95. The second-order valence-corrected chi connectivity index (χ2v) is 5.59. The molecule has 0 saturated carbocycles. The maximum absolute atomic E-state index is 13.1. The van der Waals surface area contributed by atoms with Gasteiger partial charge in [-0.05, 0) is 24.6 Å². The summed E-state index contributed by atoms with van der Waals surface area (Å²) in [5.74, 6) is -0.206. The van der Waals surface area contributed by atoms with Crippen LogP contribution in [0.3, 0.4) is 0 Å². The fourth-order valence-corrected chi connectivity index (χ4v) is 2.68. The second-order valence-electron chi connectivity index (χ2n) is 5.59. The van der Waals surface area contributed by atoms with E-state index >= 15 is 0 Å². The van der Waals surface area contributed by atoms with E-state index in [0.717, 1.165) is 18.5 Å². The van der Waals surface area contributed by atoms with E-state index in [4.69, 9.17) is 0 Å². The molecule has 3 aromatic rings. The van der Waals surface area contributed by atoms with Gasteiger partial charge < -0.3 is 4.90 Å². The van der Waals surface area contributed by atoms with Crippen LogP contribution in [0.25, 0.3) is 10.8 Å². The first-order valence-electron chi connectivity index (χ1n) is 8.06. The number of para-hydroxylation sites is 1. The maximum atomic E-state index is 13.1. The molecule has 5 heteroatoms. The van der Waals surface area contributed by atoms with Crippen molar-refractivity contribution in [2.45, 2.75) is 19.8 Å². The summed E-state index contributed by atoms with van der Waals surface area (Å²) in [5.41, 5.74) is 0.806. The van der Waals surface area contributed by atoms with Crippen LogP contribution in [0.5, 0.6) is 0 Å². The number of aromatic amines is 1. The highest BCUT2D eigenvalue weighted by Gasteiger charge is 2.21. The highest BCUT2D eigenvalue weighted by molar-refractivity contribution is 6.12. The zero-order chi connectivity index (χ0) is 16.9. The average molecular weight is 321 g/mol. The lowest BCUT2D eigenvalue weighted by molar-refractivity contribution is 0.0982. The summed E-state index contributed by atoms with van der Waals surface area (Å²) in [4.78, 5) is 26.8. The fraction of sp³-hybridized carbons (Fsp3) is 0.211. The lowest BCUT2D eigenvalue weighted by atomic mass is 10.1. The first-order valence-corrected chi connectivity index (χ1v) is 8.06. The normalized spacial score (nSPS) is 10.7. The minimum Gasteiger partial charge on any atom is -0.307 e. The van der Waals surface area contributed by atoms with E-state index < -0.39 is 0 Å². The van der Waals surface area contributed by atoms with Gasteiger partial charge in [0.15, 0.2) is 5.69 Å². The highest BCUT2D eigenvalue weighted by Crippen LogP contribution is 2.20. The summed E-state index contributed by atoms with van der Waals surface area (Å²) in [5, 5.41) is 7.51. The molecule has 0 saturated heterocycles. The molecule has 0 radical (unpaired) electrons. The van der Waals surface area contributed by atoms with Gasteiger partial charge in [-0.3, -0.25) is 9.59 Å². The van der Waals surface area contributed by atoms with E-state index in [1.165, 1.54) is 0 Å². The van der Waals surface area contributed by atoms with Crippen molar-refractivity contribution in [3.63, 3.8) is 0 Å². The van der Waals surface area contributed by atoms with Gasteiger partial charge in [0.05, 0.1) is 5.39 Å². The minimum absolute atomic E-state index is 0.206. The molecule has 5 nitrogen and oxygen atoms in total. The van der Waals surface area contributed by atoms with E-state index in [0.29, 0.717) is 17.3 Å². The lowest BCUT2D eigenvalue weighted by Gasteiger charge is -2.22. The number of fused-ring (bicyclic) bond motifs is 1. The van der Waals surface area contributed by atoms with Crippen molar-refractivity contribution in [2.24, 2.45) is 0 Å². The Balaban J connectivity index is 2.08. The molecule has 1 N–H and O–H groups in total. The van der Waals surface area contributed by atoms with E-state index in [2.05, 4.69) is 17.1 Å². The number of carbonyl (C=O) groups excluding carboxylic acids is 1. The predicted molar refractivity (Wildman–Crippen MR) is 95.4 cm³/mol. The van der Waals surface area contributed by atoms with Gasteiger partial charge in [0.1, 0.15) is 0 Å². The van der Waals surface area contributed by atoms with Crippen LogP contribution in [0.1, 0.15) is 30.3 Å². The molecule has 0 atom stereocenters. The van der Waals surface area contributed by atoms with Crippen LogP contribution >= 0.6 is 0 Å². The maximum Gasteiger partial charge on any atom is 0.279 e. The van der Waals surface area contributed by atoms with Crippen LogP contribution in [0, 0.1) is 0 Å². The Hall–Kier alpha value is -2.95. The van der Waals surface area contributed by atoms with Gasteiger partial charge in [-0.2, -0.15) is 5.10 Å². The number of unbranched alkanes of at least 4 members (excludes halogenated alkanes) is 1. The predicted octanol–water partition coefficient (Wildman–Crippen LogP) is 3.37. The first-order chi connectivity index (χ1) is 11.7. The van der Waals surface area contributed by atoms with Crippen molar-refractivity contribution in [3.8, 4) is 0 Å². The van der Waals surface area contributed by atoms with Crippen LogP contribution in [0.15, 0.2) is 59.4 Å². The van der Waals surface area contributed by atoms with E-state index in [-0.39, 0.29) is 17.2 Å². The van der Waals surface area contributed by atoms with Crippen molar-refractivity contribution in [2.75, 3.05) is 11.4 Å². The molecular formula is C19H19N3O2. The lowest BCUT2D eigenvalue weighted by Crippen LogP contribution is -2.33. The number of benzene rings is 2. The molecule has 122 valence electrons. The van der Waals surface area contributed by atoms with Crippen molar-refractivity contribution in [1.29, 1.82) is 0 Å². The van der Waals surface area contributed by atoms with E-state index in [1.54, 1.807) is 29.2 Å². The molecule has 0 aliphatic carbocycles. The standard InChI is InChI=1S/C19H19N3O2/c1-2-3-13-22(14-9-5-4-6-10-14)19(24)17-15-11-7-8-12-16(15)18(23)21-20-17/h4-12H,2-3,13H2,1H3,(H,21,23). The number of amides is 1. The molecular weight excluding hydrogens is 302 g/mol. The topological polar surface area (TPSA) is 66.1 Å².